The lowest BCUT2D eigenvalue weighted by molar-refractivity contribution is -0.119. The van der Waals surface area contributed by atoms with Crippen molar-refractivity contribution in [1.82, 2.24) is 21.0 Å². The number of cyclic esters (lactones) is 1. The van der Waals surface area contributed by atoms with E-state index >= 15 is 0 Å². The molecular formula is C29H54FN7O3. The van der Waals surface area contributed by atoms with Crippen LogP contribution in [0.1, 0.15) is 61.3 Å². The second-order valence-electron chi connectivity index (χ2n) is 9.30. The highest BCUT2D eigenvalue weighted by Crippen LogP contribution is 2.23. The first-order valence-corrected chi connectivity index (χ1v) is 13.9. The number of carbonyl (C=O) groups excluding carboxylic acids is 2. The maximum atomic E-state index is 13.9. The van der Waals surface area contributed by atoms with Crippen molar-refractivity contribution < 1.29 is 18.7 Å². The molecule has 2 unspecified atom stereocenters. The monoisotopic (exact) mass is 567 g/mol. The number of rotatable bonds is 15. The minimum atomic E-state index is -0.347. The van der Waals surface area contributed by atoms with Crippen LogP contribution in [0.2, 0.25) is 0 Å². The normalized spacial score (nSPS) is 16.8. The molecular weight excluding hydrogens is 513 g/mol. The number of hydrazine groups is 1. The number of carbonyl (C=O) groups is 2. The topological polar surface area (TPSA) is 147 Å². The van der Waals surface area contributed by atoms with Gasteiger partial charge in [-0.1, -0.05) is 52.8 Å². The van der Waals surface area contributed by atoms with Gasteiger partial charge in [-0.3, -0.25) is 15.6 Å². The maximum Gasteiger partial charge on any atom is 0.410 e. The number of amides is 2. The number of allylic oxidation sites excluding steroid dienone is 4. The Kier molecular flexibility index (Phi) is 23.1. The Morgan fingerprint density at radius 2 is 1.95 bits per heavy atom. The van der Waals surface area contributed by atoms with Gasteiger partial charge in [-0.25, -0.2) is 9.18 Å². The van der Waals surface area contributed by atoms with Crippen LogP contribution < -0.4 is 27.6 Å². The average Bonchev–Trinajstić information content (AvgIpc) is 3.30. The summed E-state index contributed by atoms with van der Waals surface area (Å²) in [5, 5.41) is 5.85. The van der Waals surface area contributed by atoms with Crippen LogP contribution in [0.15, 0.2) is 53.1 Å². The lowest BCUT2D eigenvalue weighted by Crippen LogP contribution is -2.33. The predicted octanol–water partition coefficient (Wildman–Crippen LogP) is 3.94. The minimum absolute atomic E-state index is 0.0157. The van der Waals surface area contributed by atoms with E-state index in [9.17, 15) is 14.0 Å². The summed E-state index contributed by atoms with van der Waals surface area (Å²) in [6, 6.07) is 0. The van der Waals surface area contributed by atoms with Crippen LogP contribution in [0.25, 0.3) is 0 Å². The van der Waals surface area contributed by atoms with Gasteiger partial charge in [0, 0.05) is 57.9 Å². The van der Waals surface area contributed by atoms with Crippen molar-refractivity contribution in [1.29, 1.82) is 0 Å². The van der Waals surface area contributed by atoms with Crippen LogP contribution in [0, 0.1) is 11.8 Å². The fourth-order valence-electron chi connectivity index (χ4n) is 3.39. The van der Waals surface area contributed by atoms with Crippen molar-refractivity contribution in [2.75, 3.05) is 39.8 Å². The largest absolute Gasteiger partial charge is 0.442 e. The summed E-state index contributed by atoms with van der Waals surface area (Å²) in [5.74, 6) is 5.20. The van der Waals surface area contributed by atoms with E-state index in [0.717, 1.165) is 36.4 Å². The second-order valence-corrected chi connectivity index (χ2v) is 9.30. The van der Waals surface area contributed by atoms with E-state index in [1.807, 2.05) is 47.6 Å². The van der Waals surface area contributed by atoms with E-state index < -0.39 is 0 Å². The molecule has 0 aromatic carbocycles. The molecule has 11 heteroatoms. The molecule has 1 saturated heterocycles. The molecule has 2 amide bonds. The van der Waals surface area contributed by atoms with Gasteiger partial charge in [0.15, 0.2) is 0 Å². The molecule has 40 heavy (non-hydrogen) atoms. The van der Waals surface area contributed by atoms with Crippen LogP contribution in [0.3, 0.4) is 0 Å². The zero-order chi connectivity index (χ0) is 31.1. The molecule has 1 heterocycles. The third-order valence-corrected chi connectivity index (χ3v) is 5.83. The quantitative estimate of drug-likeness (QED) is 0.0662. The fourth-order valence-corrected chi connectivity index (χ4v) is 3.39. The van der Waals surface area contributed by atoms with Gasteiger partial charge in [0.2, 0.25) is 5.91 Å². The number of ether oxygens (including phenoxy) is 1. The van der Waals surface area contributed by atoms with Crippen molar-refractivity contribution in [2.45, 2.75) is 67.4 Å². The number of hydrogen-bond acceptors (Lipinski definition) is 8. The molecule has 0 aromatic rings. The lowest BCUT2D eigenvalue weighted by atomic mass is 9.97. The highest BCUT2D eigenvalue weighted by molar-refractivity contribution is 5.85. The summed E-state index contributed by atoms with van der Waals surface area (Å²) >= 11 is 0. The summed E-state index contributed by atoms with van der Waals surface area (Å²) in [4.78, 5) is 27.6. The Bertz CT molecular complexity index is 870. The Morgan fingerprint density at radius 1 is 1.30 bits per heavy atom. The third kappa shape index (κ3) is 17.4. The average molecular weight is 568 g/mol. The molecule has 2 atom stereocenters. The van der Waals surface area contributed by atoms with Gasteiger partial charge >= 0.3 is 6.09 Å². The fraction of sp³-hybridized carbons (Fsp3) is 0.621. The third-order valence-electron chi connectivity index (χ3n) is 5.83. The van der Waals surface area contributed by atoms with Crippen molar-refractivity contribution in [2.24, 2.45) is 28.4 Å². The maximum absolute atomic E-state index is 13.9. The van der Waals surface area contributed by atoms with Gasteiger partial charge in [0.05, 0.1) is 18.8 Å². The standard InChI is InChI=1S/C18H34FN5.C9H14N2O3.C2H6/c1-13(2)18(19)15(4)14(3)7-6-8-16(22-5)9-10-23-12-17(11-20)24-21;1-3-4-11-6-8(14-9(11)13)5-10-7(2)12;1-2/h6-7,11,13-14,23-24H,8-10,12,20-21H2,1-5H3;3,8H,1,4-6H2,2H3,(H,10,12);1-2H3/b7-6-,17-11-,18-15-,22-16?;;. The molecule has 0 aromatic heterocycles. The van der Waals surface area contributed by atoms with E-state index in [2.05, 4.69) is 33.7 Å². The Morgan fingerprint density at radius 3 is 2.45 bits per heavy atom. The zero-order valence-corrected chi connectivity index (χ0v) is 25.9. The van der Waals surface area contributed by atoms with E-state index in [1.165, 1.54) is 13.1 Å². The molecule has 1 rings (SSSR count). The number of nitrogens with one attached hydrogen (secondary N) is 3. The van der Waals surface area contributed by atoms with Gasteiger partial charge in [-0.2, -0.15) is 0 Å². The lowest BCUT2D eigenvalue weighted by Gasteiger charge is -2.12. The van der Waals surface area contributed by atoms with Crippen molar-refractivity contribution in [3.05, 3.63) is 48.1 Å². The summed E-state index contributed by atoms with van der Waals surface area (Å²) in [6.45, 7) is 19.3. The summed E-state index contributed by atoms with van der Waals surface area (Å²) in [6.07, 6.45) is 8.22. The molecule has 7 N–H and O–H groups in total. The molecule has 230 valence electrons. The molecule has 10 nitrogen and oxygen atoms in total. The van der Waals surface area contributed by atoms with Crippen molar-refractivity contribution >= 4 is 17.7 Å². The van der Waals surface area contributed by atoms with Crippen molar-refractivity contribution in [3.63, 3.8) is 0 Å². The zero-order valence-electron chi connectivity index (χ0n) is 25.9. The number of hydrogen-bond donors (Lipinski definition) is 5. The molecule has 1 fully saturated rings. The van der Waals surface area contributed by atoms with Gasteiger partial charge in [-0.15, -0.1) is 6.58 Å². The van der Waals surface area contributed by atoms with Gasteiger partial charge in [0.25, 0.3) is 0 Å². The smallest absolute Gasteiger partial charge is 0.410 e. The predicted molar refractivity (Wildman–Crippen MR) is 164 cm³/mol. The van der Waals surface area contributed by atoms with E-state index in [-0.39, 0.29) is 35.8 Å². The first-order chi connectivity index (χ1) is 19.0. The summed E-state index contributed by atoms with van der Waals surface area (Å²) < 4.78 is 18.9. The molecule has 0 radical (unpaired) electrons. The summed E-state index contributed by atoms with van der Waals surface area (Å²) in [7, 11) is 1.79. The van der Waals surface area contributed by atoms with E-state index in [0.29, 0.717) is 26.2 Å². The number of nitrogens with zero attached hydrogens (tertiary/aromatic N) is 2. The number of halogens is 1. The first-order valence-electron chi connectivity index (χ1n) is 13.9. The van der Waals surface area contributed by atoms with Crippen LogP contribution >= 0.6 is 0 Å². The summed E-state index contributed by atoms with van der Waals surface area (Å²) in [5.41, 5.74) is 10.6. The molecule has 0 saturated carbocycles. The molecule has 0 aliphatic carbocycles. The van der Waals surface area contributed by atoms with Gasteiger partial charge in [0.1, 0.15) is 11.9 Å². The van der Waals surface area contributed by atoms with Crippen LogP contribution in [-0.2, 0) is 9.53 Å². The number of aliphatic imine (C=N–C) groups is 1. The molecule has 0 spiro atoms. The first kappa shape index (κ1) is 39.0. The Labute approximate surface area is 241 Å². The second kappa shape index (κ2) is 23.7. The molecule has 1 aliphatic rings. The Balaban J connectivity index is 0. The van der Waals surface area contributed by atoms with Gasteiger partial charge in [-0.05, 0) is 24.8 Å². The number of nitrogens with two attached hydrogens (primary N) is 2. The highest BCUT2D eigenvalue weighted by Gasteiger charge is 2.30. The SMILES string of the molecule is C=CCN1CC(CNC(C)=O)OC1=O.CC.CN=C(C/C=C\C(C)/C(C)=C(\F)C(C)C)CCNC/C(=C/N)NN. The Hall–Kier alpha value is -3.18. The molecule has 0 bridgehead atoms. The van der Waals surface area contributed by atoms with Crippen LogP contribution in [0.5, 0.6) is 0 Å². The van der Waals surface area contributed by atoms with Crippen molar-refractivity contribution in [3.8, 4) is 0 Å². The van der Waals surface area contributed by atoms with E-state index in [4.69, 9.17) is 16.3 Å². The van der Waals surface area contributed by atoms with Gasteiger partial charge < -0.3 is 31.4 Å². The minimum Gasteiger partial charge on any atom is -0.442 e. The highest BCUT2D eigenvalue weighted by atomic mass is 19.1. The molecule has 1 aliphatic heterocycles. The van der Waals surface area contributed by atoms with Crippen LogP contribution in [-0.4, -0.2) is 68.5 Å². The van der Waals surface area contributed by atoms with E-state index in [1.54, 1.807) is 18.0 Å². The van der Waals surface area contributed by atoms with Crippen LogP contribution in [0.4, 0.5) is 9.18 Å².